The van der Waals surface area contributed by atoms with Crippen LogP contribution in [0.15, 0.2) is 67.1 Å². The van der Waals surface area contributed by atoms with Crippen LogP contribution in [0.3, 0.4) is 0 Å². The Balaban J connectivity index is 1.74. The van der Waals surface area contributed by atoms with E-state index in [2.05, 4.69) is 46.5 Å². The second-order valence-corrected chi connectivity index (χ2v) is 7.63. The van der Waals surface area contributed by atoms with Gasteiger partial charge in [-0.1, -0.05) is 29.8 Å². The molecule has 5 aromatic rings. The lowest BCUT2D eigenvalue weighted by molar-refractivity contribution is -0.114. The van der Waals surface area contributed by atoms with Crippen molar-refractivity contribution in [2.75, 3.05) is 5.32 Å². The van der Waals surface area contributed by atoms with Gasteiger partial charge in [-0.2, -0.15) is 10.2 Å². The van der Waals surface area contributed by atoms with Crippen LogP contribution in [-0.4, -0.2) is 35.3 Å². The molecule has 32 heavy (non-hydrogen) atoms. The fourth-order valence-corrected chi connectivity index (χ4v) is 3.78. The summed E-state index contributed by atoms with van der Waals surface area (Å²) in [4.78, 5) is 20.0. The average molecular weight is 423 g/mol. The summed E-state index contributed by atoms with van der Waals surface area (Å²) >= 11 is 0. The van der Waals surface area contributed by atoms with Gasteiger partial charge in [0.2, 0.25) is 5.91 Å². The Hall–Kier alpha value is -4.33. The Morgan fingerprint density at radius 3 is 2.41 bits per heavy atom. The van der Waals surface area contributed by atoms with Crippen molar-refractivity contribution >= 4 is 17.4 Å². The molecule has 0 atom stereocenters. The van der Waals surface area contributed by atoms with Crippen molar-refractivity contribution in [3.63, 3.8) is 0 Å². The van der Waals surface area contributed by atoms with E-state index in [4.69, 9.17) is 10.2 Å². The van der Waals surface area contributed by atoms with Crippen molar-refractivity contribution in [3.05, 3.63) is 72.7 Å². The Morgan fingerprint density at radius 1 is 0.938 bits per heavy atom. The number of carbonyl (C=O) groups is 1. The molecule has 1 aromatic carbocycles. The molecule has 0 bridgehead atoms. The summed E-state index contributed by atoms with van der Waals surface area (Å²) in [6.45, 7) is 3.51. The predicted octanol–water partition coefficient (Wildman–Crippen LogP) is 4.13. The quantitative estimate of drug-likeness (QED) is 0.470. The van der Waals surface area contributed by atoms with E-state index >= 15 is 0 Å². The SMILES string of the molecule is CC(=O)Nc1cn2nc(-c3c(-c4ccc(C)cc4)nn(C)c3-c3ccncc3)ccc2n1. The molecule has 0 fully saturated rings. The number of imidazole rings is 1. The van der Waals surface area contributed by atoms with E-state index in [0.29, 0.717) is 11.5 Å². The molecule has 0 spiro atoms. The number of rotatable bonds is 4. The molecule has 8 heteroatoms. The highest BCUT2D eigenvalue weighted by Crippen LogP contribution is 2.38. The second kappa shape index (κ2) is 7.73. The summed E-state index contributed by atoms with van der Waals surface area (Å²) in [7, 11) is 1.93. The van der Waals surface area contributed by atoms with Crippen molar-refractivity contribution in [2.24, 2.45) is 7.05 Å². The number of nitrogens with one attached hydrogen (secondary N) is 1. The van der Waals surface area contributed by atoms with Gasteiger partial charge in [-0.15, -0.1) is 0 Å². The van der Waals surface area contributed by atoms with E-state index < -0.39 is 0 Å². The van der Waals surface area contributed by atoms with Gasteiger partial charge < -0.3 is 5.32 Å². The lowest BCUT2D eigenvalue weighted by Gasteiger charge is -2.08. The van der Waals surface area contributed by atoms with Gasteiger partial charge in [-0.25, -0.2) is 9.50 Å². The molecule has 0 aliphatic heterocycles. The fraction of sp³-hybridized carbons (Fsp3) is 0.125. The van der Waals surface area contributed by atoms with E-state index in [1.807, 2.05) is 36.0 Å². The van der Waals surface area contributed by atoms with Gasteiger partial charge in [0, 0.05) is 37.5 Å². The third kappa shape index (κ3) is 3.51. The number of pyridine rings is 1. The number of fused-ring (bicyclic) bond motifs is 1. The van der Waals surface area contributed by atoms with Crippen LogP contribution in [0, 0.1) is 6.92 Å². The van der Waals surface area contributed by atoms with Crippen LogP contribution in [0.25, 0.3) is 39.4 Å². The molecule has 0 saturated carbocycles. The molecule has 8 nitrogen and oxygen atoms in total. The summed E-state index contributed by atoms with van der Waals surface area (Å²) in [5.41, 5.74) is 7.28. The van der Waals surface area contributed by atoms with Crippen molar-refractivity contribution in [1.82, 2.24) is 29.4 Å². The number of aryl methyl sites for hydroxylation is 2. The standard InChI is InChI=1S/C24H21N7O/c1-15-4-6-17(7-5-15)23-22(24(30(3)29-23)18-10-12-25-13-11-18)19-8-9-21-27-20(26-16(2)32)14-31(21)28-19/h4-14H,1-3H3,(H,26,32). The maximum absolute atomic E-state index is 11.4. The summed E-state index contributed by atoms with van der Waals surface area (Å²) in [6, 6.07) is 16.0. The second-order valence-electron chi connectivity index (χ2n) is 7.63. The zero-order valence-electron chi connectivity index (χ0n) is 17.9. The predicted molar refractivity (Wildman–Crippen MR) is 123 cm³/mol. The Morgan fingerprint density at radius 2 is 1.69 bits per heavy atom. The number of hydrogen-bond donors (Lipinski definition) is 1. The van der Waals surface area contributed by atoms with Gasteiger partial charge in [0.1, 0.15) is 5.69 Å². The van der Waals surface area contributed by atoms with E-state index in [1.165, 1.54) is 12.5 Å². The first-order valence-electron chi connectivity index (χ1n) is 10.2. The van der Waals surface area contributed by atoms with Crippen molar-refractivity contribution in [1.29, 1.82) is 0 Å². The molecule has 4 heterocycles. The zero-order chi connectivity index (χ0) is 22.2. The van der Waals surface area contributed by atoms with Crippen LogP contribution in [0.5, 0.6) is 0 Å². The van der Waals surface area contributed by atoms with Gasteiger partial charge in [-0.3, -0.25) is 14.5 Å². The molecule has 0 unspecified atom stereocenters. The van der Waals surface area contributed by atoms with Crippen LogP contribution < -0.4 is 5.32 Å². The lowest BCUT2D eigenvalue weighted by Crippen LogP contribution is -2.05. The number of benzene rings is 1. The first kappa shape index (κ1) is 19.6. The van der Waals surface area contributed by atoms with Crippen LogP contribution >= 0.6 is 0 Å². The van der Waals surface area contributed by atoms with E-state index in [1.54, 1.807) is 23.1 Å². The monoisotopic (exact) mass is 423 g/mol. The van der Waals surface area contributed by atoms with Gasteiger partial charge in [0.25, 0.3) is 0 Å². The van der Waals surface area contributed by atoms with E-state index in [9.17, 15) is 4.79 Å². The molecule has 1 N–H and O–H groups in total. The molecule has 0 aliphatic carbocycles. The molecule has 0 aliphatic rings. The molecule has 4 aromatic heterocycles. The maximum Gasteiger partial charge on any atom is 0.222 e. The van der Waals surface area contributed by atoms with Crippen molar-refractivity contribution in [2.45, 2.75) is 13.8 Å². The molecule has 5 rings (SSSR count). The number of carbonyl (C=O) groups excluding carboxylic acids is 1. The lowest BCUT2D eigenvalue weighted by atomic mass is 9.99. The highest BCUT2D eigenvalue weighted by Gasteiger charge is 2.22. The molecular formula is C24H21N7O. The maximum atomic E-state index is 11.4. The minimum atomic E-state index is -0.178. The Kier molecular flexibility index (Phi) is 4.74. The van der Waals surface area contributed by atoms with E-state index in [0.717, 1.165) is 33.8 Å². The third-order valence-electron chi connectivity index (χ3n) is 5.21. The summed E-state index contributed by atoms with van der Waals surface area (Å²) < 4.78 is 3.55. The number of aromatic nitrogens is 6. The van der Waals surface area contributed by atoms with Crippen LogP contribution in [0.2, 0.25) is 0 Å². The topological polar surface area (TPSA) is 90.0 Å². The minimum Gasteiger partial charge on any atom is -0.310 e. The van der Waals surface area contributed by atoms with Crippen molar-refractivity contribution in [3.8, 4) is 33.8 Å². The molecule has 0 radical (unpaired) electrons. The normalized spacial score (nSPS) is 11.1. The van der Waals surface area contributed by atoms with Gasteiger partial charge in [0.05, 0.1) is 23.1 Å². The highest BCUT2D eigenvalue weighted by atomic mass is 16.1. The zero-order valence-corrected chi connectivity index (χ0v) is 17.9. The average Bonchev–Trinajstić information content (AvgIpc) is 3.33. The number of anilines is 1. The van der Waals surface area contributed by atoms with Gasteiger partial charge >= 0.3 is 0 Å². The third-order valence-corrected chi connectivity index (χ3v) is 5.21. The number of nitrogens with zero attached hydrogens (tertiary/aromatic N) is 6. The molecule has 158 valence electrons. The van der Waals surface area contributed by atoms with Gasteiger partial charge in [0.15, 0.2) is 11.5 Å². The first-order valence-corrected chi connectivity index (χ1v) is 10.2. The Labute approximate surface area is 184 Å². The van der Waals surface area contributed by atoms with Crippen LogP contribution in [0.4, 0.5) is 5.82 Å². The highest BCUT2D eigenvalue weighted by molar-refractivity contribution is 5.91. The summed E-state index contributed by atoms with van der Waals surface area (Å²) in [5, 5.41) is 12.4. The largest absolute Gasteiger partial charge is 0.310 e. The fourth-order valence-electron chi connectivity index (χ4n) is 3.78. The molecular weight excluding hydrogens is 402 g/mol. The smallest absolute Gasteiger partial charge is 0.222 e. The molecule has 1 amide bonds. The van der Waals surface area contributed by atoms with Crippen LogP contribution in [0.1, 0.15) is 12.5 Å². The number of amides is 1. The minimum absolute atomic E-state index is 0.178. The van der Waals surface area contributed by atoms with Gasteiger partial charge in [-0.05, 0) is 31.2 Å². The van der Waals surface area contributed by atoms with Crippen LogP contribution in [-0.2, 0) is 11.8 Å². The summed E-state index contributed by atoms with van der Waals surface area (Å²) in [5.74, 6) is 0.281. The first-order chi connectivity index (χ1) is 15.5. The number of hydrogen-bond acceptors (Lipinski definition) is 5. The van der Waals surface area contributed by atoms with E-state index in [-0.39, 0.29) is 5.91 Å². The Bertz CT molecular complexity index is 1430. The van der Waals surface area contributed by atoms with Crippen molar-refractivity contribution < 1.29 is 4.79 Å². The summed E-state index contributed by atoms with van der Waals surface area (Å²) in [6.07, 6.45) is 5.24. The molecule has 0 saturated heterocycles.